The SMILES string of the molecule is Nc1c(Cl)cc(S(=O)(=O)[O-])cc1Cl.[Na+]. The van der Waals surface area contributed by atoms with Gasteiger partial charge in [0.2, 0.25) is 0 Å². The van der Waals surface area contributed by atoms with Gasteiger partial charge in [-0.15, -0.1) is 0 Å². The van der Waals surface area contributed by atoms with Crippen LogP contribution in [-0.2, 0) is 10.1 Å². The van der Waals surface area contributed by atoms with Crippen molar-refractivity contribution >= 4 is 39.0 Å². The predicted molar refractivity (Wildman–Crippen MR) is 48.8 cm³/mol. The summed E-state index contributed by atoms with van der Waals surface area (Å²) in [5.41, 5.74) is 5.38. The standard InChI is InChI=1S/C6H5Cl2NO3S.Na/c7-4-1-3(13(10,11)12)2-5(8)6(4)9;/h1-2H,9H2,(H,10,11,12);/q;+1/p-1. The number of anilines is 1. The first-order valence-corrected chi connectivity index (χ1v) is 5.19. The zero-order valence-electron chi connectivity index (χ0n) is 7.12. The maximum Gasteiger partial charge on any atom is 1.00 e. The van der Waals surface area contributed by atoms with Crippen LogP contribution in [0.2, 0.25) is 10.0 Å². The van der Waals surface area contributed by atoms with Gasteiger partial charge in [-0.25, -0.2) is 8.42 Å². The Bertz CT molecular complexity index is 425. The summed E-state index contributed by atoms with van der Waals surface area (Å²) in [5, 5.41) is -0.108. The minimum Gasteiger partial charge on any atom is -0.744 e. The maximum atomic E-state index is 10.5. The molecule has 0 radical (unpaired) electrons. The van der Waals surface area contributed by atoms with Crippen LogP contribution in [0.3, 0.4) is 0 Å². The average Bonchev–Trinajstić information content (AvgIpc) is 1.97. The molecule has 1 aromatic carbocycles. The van der Waals surface area contributed by atoms with Gasteiger partial charge in [-0.1, -0.05) is 23.2 Å². The Kier molecular flexibility index (Phi) is 5.21. The molecule has 0 fully saturated rings. The van der Waals surface area contributed by atoms with Crippen LogP contribution in [0.5, 0.6) is 0 Å². The third-order valence-electron chi connectivity index (χ3n) is 1.34. The molecule has 0 heterocycles. The summed E-state index contributed by atoms with van der Waals surface area (Å²) in [4.78, 5) is -0.489. The molecule has 0 bridgehead atoms. The van der Waals surface area contributed by atoms with Crippen molar-refractivity contribution in [3.05, 3.63) is 22.2 Å². The molecule has 4 nitrogen and oxygen atoms in total. The Morgan fingerprint density at radius 1 is 1.21 bits per heavy atom. The first-order valence-electron chi connectivity index (χ1n) is 3.03. The molecule has 0 atom stereocenters. The summed E-state index contributed by atoms with van der Waals surface area (Å²) in [6.07, 6.45) is 0. The van der Waals surface area contributed by atoms with Crippen molar-refractivity contribution < 1.29 is 42.5 Å². The molecule has 1 rings (SSSR count). The fourth-order valence-corrected chi connectivity index (χ4v) is 1.85. The van der Waals surface area contributed by atoms with Crippen LogP contribution in [-0.4, -0.2) is 13.0 Å². The molecular weight excluding hydrogens is 260 g/mol. The Balaban J connectivity index is 0.00000169. The van der Waals surface area contributed by atoms with Crippen molar-refractivity contribution in [3.8, 4) is 0 Å². The molecule has 0 saturated carbocycles. The Morgan fingerprint density at radius 2 is 1.57 bits per heavy atom. The van der Waals surface area contributed by atoms with E-state index in [4.69, 9.17) is 28.9 Å². The zero-order valence-corrected chi connectivity index (χ0v) is 11.4. The van der Waals surface area contributed by atoms with Gasteiger partial charge >= 0.3 is 29.6 Å². The largest absolute Gasteiger partial charge is 1.00 e. The minimum absolute atomic E-state index is 0. The molecule has 0 aliphatic heterocycles. The van der Waals surface area contributed by atoms with Gasteiger partial charge in [-0.05, 0) is 12.1 Å². The summed E-state index contributed by atoms with van der Waals surface area (Å²) in [6, 6.07) is 1.93. The van der Waals surface area contributed by atoms with Crippen LogP contribution in [0.15, 0.2) is 17.0 Å². The van der Waals surface area contributed by atoms with E-state index in [1.54, 1.807) is 0 Å². The summed E-state index contributed by atoms with van der Waals surface area (Å²) >= 11 is 11.0. The van der Waals surface area contributed by atoms with Gasteiger partial charge in [0, 0.05) is 0 Å². The van der Waals surface area contributed by atoms with Crippen molar-refractivity contribution in [2.75, 3.05) is 5.73 Å². The number of nitrogens with two attached hydrogens (primary N) is 1. The van der Waals surface area contributed by atoms with E-state index in [0.717, 1.165) is 12.1 Å². The topological polar surface area (TPSA) is 83.2 Å². The second kappa shape index (κ2) is 5.03. The van der Waals surface area contributed by atoms with Crippen LogP contribution < -0.4 is 35.3 Å². The van der Waals surface area contributed by atoms with E-state index in [-0.39, 0.29) is 45.3 Å². The number of nitrogen functional groups attached to an aromatic ring is 1. The van der Waals surface area contributed by atoms with Gasteiger partial charge in [0.05, 0.1) is 20.6 Å². The molecule has 0 aliphatic carbocycles. The van der Waals surface area contributed by atoms with Gasteiger partial charge in [-0.3, -0.25) is 0 Å². The van der Waals surface area contributed by atoms with Crippen molar-refractivity contribution in [1.29, 1.82) is 0 Å². The third-order valence-corrected chi connectivity index (χ3v) is 2.78. The van der Waals surface area contributed by atoms with E-state index in [2.05, 4.69) is 0 Å². The van der Waals surface area contributed by atoms with Crippen molar-refractivity contribution in [2.24, 2.45) is 0 Å². The van der Waals surface area contributed by atoms with E-state index in [1.807, 2.05) is 0 Å². The summed E-state index contributed by atoms with van der Waals surface area (Å²) in [7, 11) is -4.54. The molecule has 0 amide bonds. The molecule has 0 aromatic heterocycles. The second-order valence-corrected chi connectivity index (χ2v) is 4.45. The molecule has 14 heavy (non-hydrogen) atoms. The Morgan fingerprint density at radius 3 is 1.86 bits per heavy atom. The predicted octanol–water partition coefficient (Wildman–Crippen LogP) is -1.52. The smallest absolute Gasteiger partial charge is 0.744 e. The normalized spacial score (nSPS) is 10.8. The van der Waals surface area contributed by atoms with Gasteiger partial charge in [0.25, 0.3) is 0 Å². The van der Waals surface area contributed by atoms with Crippen LogP contribution >= 0.6 is 23.2 Å². The fourth-order valence-electron chi connectivity index (χ4n) is 0.705. The van der Waals surface area contributed by atoms with Crippen LogP contribution in [0.4, 0.5) is 5.69 Å². The molecule has 2 N–H and O–H groups in total. The van der Waals surface area contributed by atoms with E-state index in [9.17, 15) is 13.0 Å². The van der Waals surface area contributed by atoms with Crippen LogP contribution in [0, 0.1) is 0 Å². The number of benzene rings is 1. The minimum atomic E-state index is -4.54. The first kappa shape index (κ1) is 14.5. The average molecular weight is 264 g/mol. The summed E-state index contributed by atoms with van der Waals surface area (Å²) in [5.74, 6) is 0. The molecule has 0 spiro atoms. The molecule has 1 aromatic rings. The maximum absolute atomic E-state index is 10.5. The molecule has 0 unspecified atom stereocenters. The van der Waals surface area contributed by atoms with Crippen molar-refractivity contribution in [3.63, 3.8) is 0 Å². The summed E-state index contributed by atoms with van der Waals surface area (Å²) < 4.78 is 31.6. The molecular formula is C6H4Cl2NNaO3S. The monoisotopic (exact) mass is 263 g/mol. The molecule has 72 valence electrons. The van der Waals surface area contributed by atoms with Crippen LogP contribution in [0.1, 0.15) is 0 Å². The van der Waals surface area contributed by atoms with Crippen molar-refractivity contribution in [1.82, 2.24) is 0 Å². The zero-order chi connectivity index (χ0) is 10.2. The van der Waals surface area contributed by atoms with Crippen molar-refractivity contribution in [2.45, 2.75) is 4.90 Å². The van der Waals surface area contributed by atoms with Gasteiger partial charge in [0.1, 0.15) is 10.1 Å². The Hall–Kier alpha value is 0.510. The molecule has 8 heteroatoms. The molecule has 0 saturated heterocycles. The van der Waals surface area contributed by atoms with Crippen LogP contribution in [0.25, 0.3) is 0 Å². The quantitative estimate of drug-likeness (QED) is 0.379. The number of rotatable bonds is 1. The van der Waals surface area contributed by atoms with Gasteiger partial charge in [-0.2, -0.15) is 0 Å². The number of halogens is 2. The van der Waals surface area contributed by atoms with E-state index in [0.29, 0.717) is 0 Å². The van der Waals surface area contributed by atoms with E-state index in [1.165, 1.54) is 0 Å². The second-order valence-electron chi connectivity index (χ2n) is 2.25. The van der Waals surface area contributed by atoms with E-state index < -0.39 is 15.0 Å². The summed E-state index contributed by atoms with van der Waals surface area (Å²) in [6.45, 7) is 0. The van der Waals surface area contributed by atoms with Gasteiger partial charge in [0.15, 0.2) is 0 Å². The number of hydrogen-bond donors (Lipinski definition) is 1. The first-order chi connectivity index (χ1) is 5.82. The van der Waals surface area contributed by atoms with Gasteiger partial charge < -0.3 is 10.3 Å². The van der Waals surface area contributed by atoms with E-state index >= 15 is 0 Å². The Labute approximate surface area is 113 Å². The fraction of sp³-hybridized carbons (Fsp3) is 0. The molecule has 0 aliphatic rings. The third kappa shape index (κ3) is 3.27. The number of hydrogen-bond acceptors (Lipinski definition) is 4.